The number of rotatable bonds is 7. The summed E-state index contributed by atoms with van der Waals surface area (Å²) < 4.78 is 7.37. The van der Waals surface area contributed by atoms with Gasteiger partial charge in [0.05, 0.1) is 0 Å². The zero-order chi connectivity index (χ0) is 12.0. The minimum absolute atomic E-state index is 0.834. The maximum atomic E-state index is 5.01. The van der Waals surface area contributed by atoms with E-state index in [4.69, 9.17) is 4.74 Å². The number of aromatic nitrogens is 1. The highest BCUT2D eigenvalue weighted by Gasteiger charge is 2.06. The number of nitrogens with one attached hydrogen (secondary N) is 1. The monoisotopic (exact) mass is 224 g/mol. The fourth-order valence-corrected chi connectivity index (χ4v) is 2.10. The molecular weight excluding hydrogens is 200 g/mol. The van der Waals surface area contributed by atoms with E-state index >= 15 is 0 Å². The number of ether oxygens (including phenoxy) is 1. The lowest BCUT2D eigenvalue weighted by Gasteiger charge is -2.07. The lowest BCUT2D eigenvalue weighted by Crippen LogP contribution is -2.16. The molecule has 16 heavy (non-hydrogen) atoms. The van der Waals surface area contributed by atoms with Crippen molar-refractivity contribution in [3.8, 4) is 0 Å². The smallest absolute Gasteiger partial charge is 0.0474 e. The Morgan fingerprint density at radius 3 is 2.69 bits per heavy atom. The second-order valence-corrected chi connectivity index (χ2v) is 4.16. The second-order valence-electron chi connectivity index (χ2n) is 4.16. The van der Waals surface area contributed by atoms with Crippen molar-refractivity contribution in [2.24, 2.45) is 0 Å². The van der Waals surface area contributed by atoms with Crippen molar-refractivity contribution < 1.29 is 4.74 Å². The molecule has 0 saturated heterocycles. The van der Waals surface area contributed by atoms with Crippen LogP contribution >= 0.6 is 0 Å². The van der Waals surface area contributed by atoms with Crippen LogP contribution in [0, 0.1) is 13.8 Å². The summed E-state index contributed by atoms with van der Waals surface area (Å²) in [5, 5.41) is 3.45. The highest BCUT2D eigenvalue weighted by atomic mass is 16.5. The first-order valence-corrected chi connectivity index (χ1v) is 6.06. The van der Waals surface area contributed by atoms with E-state index in [0.29, 0.717) is 0 Å². The van der Waals surface area contributed by atoms with Gasteiger partial charge >= 0.3 is 0 Å². The third-order valence-corrected chi connectivity index (χ3v) is 3.01. The third-order valence-electron chi connectivity index (χ3n) is 3.01. The summed E-state index contributed by atoms with van der Waals surface area (Å²) in [5.74, 6) is 0. The Balaban J connectivity index is 2.42. The Hall–Kier alpha value is -0.800. The van der Waals surface area contributed by atoms with Gasteiger partial charge < -0.3 is 14.6 Å². The van der Waals surface area contributed by atoms with Crippen molar-refractivity contribution in [1.29, 1.82) is 0 Å². The molecule has 0 atom stereocenters. The maximum Gasteiger partial charge on any atom is 0.0474 e. The molecule has 1 aromatic rings. The van der Waals surface area contributed by atoms with Crippen LogP contribution in [-0.4, -0.2) is 24.8 Å². The van der Waals surface area contributed by atoms with Crippen molar-refractivity contribution in [1.82, 2.24) is 9.88 Å². The lowest BCUT2D eigenvalue weighted by atomic mass is 10.2. The van der Waals surface area contributed by atoms with Gasteiger partial charge in [-0.1, -0.05) is 0 Å². The normalized spacial score (nSPS) is 11.0. The second kappa shape index (κ2) is 6.71. The van der Waals surface area contributed by atoms with Gasteiger partial charge in [0.1, 0.15) is 0 Å². The molecule has 1 aromatic heterocycles. The molecule has 92 valence electrons. The van der Waals surface area contributed by atoms with Crippen molar-refractivity contribution in [3.05, 3.63) is 23.0 Å². The van der Waals surface area contributed by atoms with Gasteiger partial charge in [-0.25, -0.2) is 0 Å². The first-order chi connectivity index (χ1) is 7.70. The molecule has 0 radical (unpaired) electrons. The van der Waals surface area contributed by atoms with Gasteiger partial charge in [-0.15, -0.1) is 0 Å². The van der Waals surface area contributed by atoms with Gasteiger partial charge in [0, 0.05) is 38.2 Å². The minimum Gasteiger partial charge on any atom is -0.385 e. The fourth-order valence-electron chi connectivity index (χ4n) is 2.10. The van der Waals surface area contributed by atoms with Crippen LogP contribution in [0.15, 0.2) is 6.07 Å². The maximum absolute atomic E-state index is 5.01. The van der Waals surface area contributed by atoms with E-state index in [1.807, 2.05) is 0 Å². The zero-order valence-electron chi connectivity index (χ0n) is 11.0. The van der Waals surface area contributed by atoms with Crippen molar-refractivity contribution in [2.75, 3.05) is 20.3 Å². The molecule has 0 bridgehead atoms. The molecule has 0 unspecified atom stereocenters. The van der Waals surface area contributed by atoms with Crippen LogP contribution in [0.4, 0.5) is 0 Å². The summed E-state index contributed by atoms with van der Waals surface area (Å²) in [6, 6.07) is 2.28. The summed E-state index contributed by atoms with van der Waals surface area (Å²) in [4.78, 5) is 0. The standard InChI is InChI=1S/C13H24N2O/c1-5-15-11(2)9-13(12(15)3)10-14-7-6-8-16-4/h9,14H,5-8,10H2,1-4H3. The summed E-state index contributed by atoms with van der Waals surface area (Å²) in [7, 11) is 1.74. The van der Waals surface area contributed by atoms with Gasteiger partial charge in [0.15, 0.2) is 0 Å². The number of hydrogen-bond donors (Lipinski definition) is 1. The molecule has 3 nitrogen and oxygen atoms in total. The fraction of sp³-hybridized carbons (Fsp3) is 0.692. The van der Waals surface area contributed by atoms with E-state index in [1.165, 1.54) is 17.0 Å². The Kier molecular flexibility index (Phi) is 5.56. The number of aryl methyl sites for hydroxylation is 1. The highest BCUT2D eigenvalue weighted by Crippen LogP contribution is 2.14. The Bertz CT molecular complexity index is 318. The van der Waals surface area contributed by atoms with Gasteiger partial charge in [-0.3, -0.25) is 0 Å². The highest BCUT2D eigenvalue weighted by molar-refractivity contribution is 5.26. The predicted octanol–water partition coefficient (Wildman–Crippen LogP) is 2.25. The number of methoxy groups -OCH3 is 1. The van der Waals surface area contributed by atoms with E-state index in [9.17, 15) is 0 Å². The van der Waals surface area contributed by atoms with E-state index in [-0.39, 0.29) is 0 Å². The molecule has 1 rings (SSSR count). The van der Waals surface area contributed by atoms with Gasteiger partial charge in [-0.05, 0) is 45.4 Å². The summed E-state index contributed by atoms with van der Waals surface area (Å²) in [5.41, 5.74) is 4.16. The van der Waals surface area contributed by atoms with E-state index in [2.05, 4.69) is 36.7 Å². The molecule has 0 aliphatic rings. The third kappa shape index (κ3) is 3.35. The topological polar surface area (TPSA) is 26.2 Å². The molecule has 1 N–H and O–H groups in total. The largest absolute Gasteiger partial charge is 0.385 e. The Labute approximate surface area is 98.8 Å². The number of nitrogens with zero attached hydrogens (tertiary/aromatic N) is 1. The van der Waals surface area contributed by atoms with E-state index < -0.39 is 0 Å². The molecule has 0 aliphatic heterocycles. The molecule has 0 aliphatic carbocycles. The van der Waals surface area contributed by atoms with E-state index in [1.54, 1.807) is 7.11 Å². The number of hydrogen-bond acceptors (Lipinski definition) is 2. The summed E-state index contributed by atoms with van der Waals surface area (Å²) in [6.45, 7) is 10.4. The predicted molar refractivity (Wildman–Crippen MR) is 67.8 cm³/mol. The summed E-state index contributed by atoms with van der Waals surface area (Å²) in [6.07, 6.45) is 1.07. The van der Waals surface area contributed by atoms with Crippen molar-refractivity contribution in [3.63, 3.8) is 0 Å². The van der Waals surface area contributed by atoms with Crippen LogP contribution in [-0.2, 0) is 17.8 Å². The van der Waals surface area contributed by atoms with Gasteiger partial charge in [0.2, 0.25) is 0 Å². The molecule has 0 spiro atoms. The molecular formula is C13H24N2O. The molecule has 3 heteroatoms. The first-order valence-electron chi connectivity index (χ1n) is 6.06. The Morgan fingerprint density at radius 1 is 1.38 bits per heavy atom. The van der Waals surface area contributed by atoms with Crippen LogP contribution in [0.5, 0.6) is 0 Å². The average Bonchev–Trinajstić information content (AvgIpc) is 2.53. The minimum atomic E-state index is 0.834. The van der Waals surface area contributed by atoms with Crippen molar-refractivity contribution in [2.45, 2.75) is 40.3 Å². The van der Waals surface area contributed by atoms with E-state index in [0.717, 1.165) is 32.7 Å². The molecule has 0 fully saturated rings. The quantitative estimate of drug-likeness (QED) is 0.719. The zero-order valence-corrected chi connectivity index (χ0v) is 11.0. The molecule has 0 saturated carbocycles. The SMILES string of the molecule is CCn1c(C)cc(CNCCCOC)c1C. The summed E-state index contributed by atoms with van der Waals surface area (Å²) >= 11 is 0. The lowest BCUT2D eigenvalue weighted by molar-refractivity contribution is 0.194. The first kappa shape index (κ1) is 13.3. The van der Waals surface area contributed by atoms with Crippen LogP contribution in [0.1, 0.15) is 30.3 Å². The van der Waals surface area contributed by atoms with Crippen LogP contribution in [0.3, 0.4) is 0 Å². The van der Waals surface area contributed by atoms with Crippen molar-refractivity contribution >= 4 is 0 Å². The van der Waals surface area contributed by atoms with Crippen LogP contribution < -0.4 is 5.32 Å². The molecule has 0 amide bonds. The average molecular weight is 224 g/mol. The Morgan fingerprint density at radius 2 is 2.12 bits per heavy atom. The molecule has 0 aromatic carbocycles. The van der Waals surface area contributed by atoms with Crippen LogP contribution in [0.2, 0.25) is 0 Å². The van der Waals surface area contributed by atoms with Crippen LogP contribution in [0.25, 0.3) is 0 Å². The molecule has 1 heterocycles. The van der Waals surface area contributed by atoms with Gasteiger partial charge in [0.25, 0.3) is 0 Å². The van der Waals surface area contributed by atoms with Gasteiger partial charge in [-0.2, -0.15) is 0 Å².